The third kappa shape index (κ3) is 8.05. The number of alkyl halides is 3. The van der Waals surface area contributed by atoms with Crippen LogP contribution in [-0.4, -0.2) is 87.2 Å². The molecule has 2 N–H and O–H groups in total. The number of halogens is 3. The van der Waals surface area contributed by atoms with E-state index < -0.39 is 23.3 Å². The first-order chi connectivity index (χ1) is 19.4. The number of H-pyrrole nitrogens is 1. The molecule has 220 valence electrons. The van der Waals surface area contributed by atoms with E-state index in [1.54, 1.807) is 49.4 Å². The van der Waals surface area contributed by atoms with Gasteiger partial charge in [-0.3, -0.25) is 18.7 Å². The number of aliphatic imine (C=N–C) groups is 1. The second-order valence-corrected chi connectivity index (χ2v) is 11.5. The van der Waals surface area contributed by atoms with E-state index in [9.17, 15) is 27.3 Å². The molecule has 1 aromatic heterocycles. The van der Waals surface area contributed by atoms with Crippen molar-refractivity contribution < 1.29 is 32.0 Å². The van der Waals surface area contributed by atoms with Crippen molar-refractivity contribution >= 4 is 28.5 Å². The molecule has 4 rings (SSSR count). The molecule has 1 saturated heterocycles. The number of nitrogens with zero attached hydrogens (tertiary/aromatic N) is 3. The molecule has 2 aliphatic heterocycles. The maximum atomic E-state index is 13.3. The number of allylic oxidation sites excluding steroid dienone is 2. The summed E-state index contributed by atoms with van der Waals surface area (Å²) >= 11 is 0. The van der Waals surface area contributed by atoms with Crippen molar-refractivity contribution in [2.75, 3.05) is 39.0 Å². The summed E-state index contributed by atoms with van der Waals surface area (Å²) in [6, 6.07) is 6.31. The molecule has 3 aliphatic rings. The van der Waals surface area contributed by atoms with Gasteiger partial charge in [-0.15, -0.1) is 13.2 Å². The lowest BCUT2D eigenvalue weighted by atomic mass is 10.0. The zero-order chi connectivity index (χ0) is 29.7. The van der Waals surface area contributed by atoms with Crippen LogP contribution < -0.4 is 0 Å². The first-order valence-corrected chi connectivity index (χ1v) is 14.4. The molecule has 1 fully saturated rings. The number of carbonyl (C=O) groups is 1. The van der Waals surface area contributed by atoms with Gasteiger partial charge in [0.05, 0.1) is 39.6 Å². The van der Waals surface area contributed by atoms with Crippen LogP contribution in [0.2, 0.25) is 0 Å². The molecule has 8 nitrogen and oxygen atoms in total. The van der Waals surface area contributed by atoms with E-state index in [1.807, 2.05) is 18.9 Å². The average molecular weight is 591 g/mol. The standard InChI is InChI=1S/C29H33F3N4O4S/c1-19-25(34-20(2)26(19)28(38)36-14-12-35(3)13-15-36)17-22-9-10-24(8-5-11-33-27(22)37)41(39)18-21-6-4-7-23(16-21)40-29(30,31)32/h4-6,8-11,16-17,23,33,37H,7,12-15,18H2,1-3H3/b10-9?,11-5?,24-8?,25-17-,27-22?. The van der Waals surface area contributed by atoms with Crippen molar-refractivity contribution in [3.8, 4) is 5.88 Å². The summed E-state index contributed by atoms with van der Waals surface area (Å²) in [5.41, 5.74) is 3.17. The lowest BCUT2D eigenvalue weighted by Crippen LogP contribution is -2.48. The Labute approximate surface area is 239 Å². The number of carbonyl (C=O) groups excluding carboxylic acids is 1. The first kappa shape index (κ1) is 30.5. The molecule has 2 unspecified atom stereocenters. The van der Waals surface area contributed by atoms with E-state index in [-0.39, 0.29) is 24.0 Å². The van der Waals surface area contributed by atoms with Crippen LogP contribution in [0.25, 0.3) is 6.08 Å². The average Bonchev–Trinajstić information content (AvgIpc) is 3.22. The Bertz CT molecular complexity index is 1410. The maximum Gasteiger partial charge on any atom is 0.523 e. The number of aromatic amines is 1. The summed E-state index contributed by atoms with van der Waals surface area (Å²) < 4.78 is 55.2. The maximum absolute atomic E-state index is 13.3. The lowest BCUT2D eigenvalue weighted by Gasteiger charge is -2.32. The van der Waals surface area contributed by atoms with E-state index in [1.165, 1.54) is 12.3 Å². The number of likely N-dealkylation sites (N-methyl/N-ethyl adjacent to an activating group) is 1. The zero-order valence-corrected chi connectivity index (χ0v) is 23.9. The quantitative estimate of drug-likeness (QED) is 0.503. The highest BCUT2D eigenvalue weighted by molar-refractivity contribution is 7.85. The van der Waals surface area contributed by atoms with Crippen LogP contribution >= 0.6 is 0 Å². The number of rotatable bonds is 6. The largest absolute Gasteiger partial charge is 0.523 e. The van der Waals surface area contributed by atoms with Crippen LogP contribution in [0.15, 0.2) is 81.0 Å². The fourth-order valence-electron chi connectivity index (χ4n) is 4.72. The van der Waals surface area contributed by atoms with Gasteiger partial charge in [0.15, 0.2) is 5.88 Å². The third-order valence-electron chi connectivity index (χ3n) is 6.93. The highest BCUT2D eigenvalue weighted by Crippen LogP contribution is 2.30. The van der Waals surface area contributed by atoms with Gasteiger partial charge in [0.1, 0.15) is 0 Å². The molecule has 0 radical (unpaired) electrons. The van der Waals surface area contributed by atoms with Crippen molar-refractivity contribution in [3.63, 3.8) is 0 Å². The molecule has 0 spiro atoms. The van der Waals surface area contributed by atoms with E-state index >= 15 is 0 Å². The normalized spacial score (nSPS) is 21.6. The minimum absolute atomic E-state index is 0.0130. The van der Waals surface area contributed by atoms with E-state index in [0.29, 0.717) is 51.7 Å². The molecule has 0 saturated carbocycles. The minimum Gasteiger partial charge on any atom is -0.494 e. The number of nitrogens with one attached hydrogen (secondary N) is 1. The molecule has 3 heterocycles. The SMILES string of the molecule is CC1=N/C(=C\c2ccc(S(=O)CC3=CC(OC(F)(F)F)CC=C3)ccc[nH]c2O)C(C)=C1C(=O)N1CCN(C)CC1. The van der Waals surface area contributed by atoms with Gasteiger partial charge < -0.3 is 19.9 Å². The Morgan fingerprint density at radius 2 is 1.95 bits per heavy atom. The van der Waals surface area contributed by atoms with Crippen LogP contribution in [0.5, 0.6) is 5.88 Å². The minimum atomic E-state index is -4.76. The van der Waals surface area contributed by atoms with Gasteiger partial charge in [0.2, 0.25) is 0 Å². The number of aromatic hydroxyl groups is 1. The second-order valence-electron chi connectivity index (χ2n) is 10.0. The molecule has 41 heavy (non-hydrogen) atoms. The van der Waals surface area contributed by atoms with Gasteiger partial charge in [0.25, 0.3) is 5.91 Å². The lowest BCUT2D eigenvalue weighted by molar-refractivity contribution is -0.336. The number of aromatic nitrogens is 1. The molecule has 0 aromatic carbocycles. The molecule has 2 atom stereocenters. The van der Waals surface area contributed by atoms with E-state index in [0.717, 1.165) is 13.1 Å². The van der Waals surface area contributed by atoms with Crippen LogP contribution in [0.1, 0.15) is 25.8 Å². The van der Waals surface area contributed by atoms with Crippen LogP contribution in [0, 0.1) is 0 Å². The Kier molecular flexibility index (Phi) is 9.67. The van der Waals surface area contributed by atoms with Gasteiger partial charge in [-0.25, -0.2) is 0 Å². The number of amides is 1. The highest BCUT2D eigenvalue weighted by atomic mass is 32.2. The molecular weight excluding hydrogens is 557 g/mol. The number of ether oxygens (including phenoxy) is 1. The zero-order valence-electron chi connectivity index (χ0n) is 23.1. The predicted octanol–water partition coefficient (Wildman–Crippen LogP) is 4.65. The summed E-state index contributed by atoms with van der Waals surface area (Å²) in [7, 11) is 0.415. The molecule has 12 heteroatoms. The van der Waals surface area contributed by atoms with Crippen molar-refractivity contribution in [3.05, 3.63) is 76.7 Å². The fourth-order valence-corrected chi connectivity index (χ4v) is 5.83. The molecular formula is C29H33F3N4O4S. The van der Waals surface area contributed by atoms with Gasteiger partial charge in [0, 0.05) is 42.8 Å². The Morgan fingerprint density at radius 1 is 1.22 bits per heavy atom. The molecule has 0 bridgehead atoms. The summed E-state index contributed by atoms with van der Waals surface area (Å²) in [4.78, 5) is 25.0. The number of piperazine rings is 1. The van der Waals surface area contributed by atoms with Crippen LogP contribution in [0.4, 0.5) is 13.2 Å². The van der Waals surface area contributed by atoms with Gasteiger partial charge in [-0.2, -0.15) is 0 Å². The van der Waals surface area contributed by atoms with E-state index in [2.05, 4.69) is 19.6 Å². The Balaban J connectivity index is 1.59. The molecule has 1 aromatic rings. The second kappa shape index (κ2) is 13.0. The topological polar surface area (TPSA) is 98.2 Å². The third-order valence-corrected chi connectivity index (χ3v) is 8.32. The van der Waals surface area contributed by atoms with Crippen molar-refractivity contribution in [1.29, 1.82) is 0 Å². The highest BCUT2D eigenvalue weighted by Gasteiger charge is 2.33. The summed E-state index contributed by atoms with van der Waals surface area (Å²) in [5, 5.41) is 10.7. The van der Waals surface area contributed by atoms with Gasteiger partial charge in [-0.1, -0.05) is 18.2 Å². The van der Waals surface area contributed by atoms with Crippen molar-refractivity contribution in [2.45, 2.75) is 37.6 Å². The molecule has 1 aliphatic carbocycles. The van der Waals surface area contributed by atoms with Crippen LogP contribution in [-0.2, 0) is 20.3 Å². The Morgan fingerprint density at radius 3 is 2.66 bits per heavy atom. The predicted molar refractivity (Wildman–Crippen MR) is 152 cm³/mol. The summed E-state index contributed by atoms with van der Waals surface area (Å²) in [6.45, 7) is 6.48. The number of hydrogen-bond acceptors (Lipinski definition) is 6. The first-order valence-electron chi connectivity index (χ1n) is 13.1. The summed E-state index contributed by atoms with van der Waals surface area (Å²) in [5.74, 6) is -0.255. The monoisotopic (exact) mass is 590 g/mol. The molecule has 1 amide bonds. The number of hydrogen-bond donors (Lipinski definition) is 2. The van der Waals surface area contributed by atoms with Crippen LogP contribution in [0.3, 0.4) is 0 Å². The van der Waals surface area contributed by atoms with Gasteiger partial charge in [-0.05, 0) is 68.8 Å². The fraction of sp³-hybridized carbons (Fsp3) is 0.379. The smallest absolute Gasteiger partial charge is 0.494 e. The summed E-state index contributed by atoms with van der Waals surface area (Å²) in [6.07, 6.45) is 1.81. The van der Waals surface area contributed by atoms with Crippen molar-refractivity contribution in [2.24, 2.45) is 4.99 Å². The van der Waals surface area contributed by atoms with Crippen molar-refractivity contribution in [1.82, 2.24) is 14.8 Å². The van der Waals surface area contributed by atoms with E-state index in [4.69, 9.17) is 0 Å². The Hall–Kier alpha value is -3.48. The van der Waals surface area contributed by atoms with Gasteiger partial charge >= 0.3 is 6.36 Å².